The summed E-state index contributed by atoms with van der Waals surface area (Å²) in [6.45, 7) is 1.84. The van der Waals surface area contributed by atoms with E-state index >= 15 is 0 Å². The van der Waals surface area contributed by atoms with Gasteiger partial charge in [-0.25, -0.2) is 4.79 Å². The van der Waals surface area contributed by atoms with Gasteiger partial charge in [-0.2, -0.15) is 0 Å². The Hall–Kier alpha value is -2.81. The predicted molar refractivity (Wildman–Crippen MR) is 82.2 cm³/mol. The van der Waals surface area contributed by atoms with Gasteiger partial charge < -0.3 is 9.84 Å². The van der Waals surface area contributed by atoms with Gasteiger partial charge in [-0.1, -0.05) is 48.5 Å². The largest absolute Gasteiger partial charge is 0.478 e. The van der Waals surface area contributed by atoms with Gasteiger partial charge >= 0.3 is 5.97 Å². The van der Waals surface area contributed by atoms with Crippen molar-refractivity contribution in [3.05, 3.63) is 71.8 Å². The lowest BCUT2D eigenvalue weighted by molar-refractivity contribution is 0.0694. The lowest BCUT2D eigenvalue weighted by Crippen LogP contribution is -2.01. The van der Waals surface area contributed by atoms with Gasteiger partial charge in [-0.15, -0.1) is 0 Å². The Bertz CT molecular complexity index is 816. The Kier molecular flexibility index (Phi) is 3.32. The predicted octanol–water partition coefficient (Wildman–Crippen LogP) is 4.64. The third-order valence-electron chi connectivity index (χ3n) is 3.40. The molecule has 3 aromatic carbocycles. The second-order valence-electron chi connectivity index (χ2n) is 4.84. The molecule has 3 nitrogen and oxygen atoms in total. The minimum Gasteiger partial charge on any atom is -0.478 e. The van der Waals surface area contributed by atoms with Crippen molar-refractivity contribution < 1.29 is 14.6 Å². The van der Waals surface area contributed by atoms with E-state index in [1.54, 1.807) is 12.1 Å². The molecule has 0 aliphatic heterocycles. The summed E-state index contributed by atoms with van der Waals surface area (Å²) < 4.78 is 5.93. The van der Waals surface area contributed by atoms with Crippen LogP contribution in [0.3, 0.4) is 0 Å². The molecule has 3 aromatic rings. The van der Waals surface area contributed by atoms with E-state index in [2.05, 4.69) is 0 Å². The molecule has 0 saturated carbocycles. The number of hydrogen-bond acceptors (Lipinski definition) is 2. The van der Waals surface area contributed by atoms with Crippen molar-refractivity contribution >= 4 is 16.7 Å². The van der Waals surface area contributed by atoms with Crippen LogP contribution in [-0.4, -0.2) is 11.1 Å². The van der Waals surface area contributed by atoms with Gasteiger partial charge in [0.1, 0.15) is 17.1 Å². The van der Waals surface area contributed by atoms with Gasteiger partial charge in [-0.3, -0.25) is 0 Å². The molecule has 0 fully saturated rings. The van der Waals surface area contributed by atoms with Gasteiger partial charge in [0.25, 0.3) is 0 Å². The van der Waals surface area contributed by atoms with E-state index in [1.165, 1.54) is 0 Å². The van der Waals surface area contributed by atoms with E-state index in [1.807, 2.05) is 55.5 Å². The number of hydrogen-bond donors (Lipinski definition) is 1. The standard InChI is InChI=1S/C18H14O3/c1-12-6-4-10-15(18(19)20)17(12)21-16-11-5-8-13-7-2-3-9-14(13)16/h2-11H,1H3,(H,19,20). The molecule has 0 aliphatic rings. The second-order valence-corrected chi connectivity index (χ2v) is 4.84. The fourth-order valence-corrected chi connectivity index (χ4v) is 2.35. The summed E-state index contributed by atoms with van der Waals surface area (Å²) in [6, 6.07) is 18.7. The molecular weight excluding hydrogens is 264 g/mol. The summed E-state index contributed by atoms with van der Waals surface area (Å²) >= 11 is 0. The molecule has 0 unspecified atom stereocenters. The third kappa shape index (κ3) is 2.46. The van der Waals surface area contributed by atoms with Gasteiger partial charge in [0.2, 0.25) is 0 Å². The number of benzene rings is 3. The molecule has 0 aliphatic carbocycles. The van der Waals surface area contributed by atoms with E-state index in [0.29, 0.717) is 11.5 Å². The zero-order chi connectivity index (χ0) is 14.8. The Labute approximate surface area is 122 Å². The van der Waals surface area contributed by atoms with Gasteiger partial charge in [-0.05, 0) is 30.0 Å². The molecule has 0 spiro atoms. The molecule has 1 N–H and O–H groups in total. The Morgan fingerprint density at radius 3 is 2.48 bits per heavy atom. The van der Waals surface area contributed by atoms with Crippen molar-refractivity contribution in [1.82, 2.24) is 0 Å². The maximum atomic E-state index is 11.3. The highest BCUT2D eigenvalue weighted by Crippen LogP contribution is 2.33. The monoisotopic (exact) mass is 278 g/mol. The Balaban J connectivity index is 2.13. The van der Waals surface area contributed by atoms with Crippen LogP contribution in [0.25, 0.3) is 10.8 Å². The van der Waals surface area contributed by atoms with E-state index in [4.69, 9.17) is 4.74 Å². The SMILES string of the molecule is Cc1cccc(C(=O)O)c1Oc1cccc2ccccc12. The van der Waals surface area contributed by atoms with Gasteiger partial charge in [0.05, 0.1) is 0 Å². The summed E-state index contributed by atoms with van der Waals surface area (Å²) in [5.41, 5.74) is 0.964. The average Bonchev–Trinajstić information content (AvgIpc) is 2.49. The number of aromatic carboxylic acids is 1. The highest BCUT2D eigenvalue weighted by molar-refractivity contribution is 5.92. The fraction of sp³-hybridized carbons (Fsp3) is 0.0556. The van der Waals surface area contributed by atoms with E-state index < -0.39 is 5.97 Å². The van der Waals surface area contributed by atoms with Crippen LogP contribution < -0.4 is 4.74 Å². The minimum absolute atomic E-state index is 0.169. The Morgan fingerprint density at radius 2 is 1.67 bits per heavy atom. The zero-order valence-electron chi connectivity index (χ0n) is 11.5. The molecule has 0 radical (unpaired) electrons. The first kappa shape index (κ1) is 13.2. The molecule has 0 bridgehead atoms. The third-order valence-corrected chi connectivity index (χ3v) is 3.40. The second kappa shape index (κ2) is 5.29. The van der Waals surface area contributed by atoms with Crippen LogP contribution in [-0.2, 0) is 0 Å². The summed E-state index contributed by atoms with van der Waals surface area (Å²) in [5, 5.41) is 11.3. The van der Waals surface area contributed by atoms with Crippen molar-refractivity contribution in [3.63, 3.8) is 0 Å². The normalized spacial score (nSPS) is 10.5. The van der Waals surface area contributed by atoms with Crippen LogP contribution in [0.4, 0.5) is 0 Å². The van der Waals surface area contributed by atoms with E-state index in [9.17, 15) is 9.90 Å². The molecule has 0 aromatic heterocycles. The summed E-state index contributed by atoms with van der Waals surface area (Å²) in [4.78, 5) is 11.3. The first-order valence-electron chi connectivity index (χ1n) is 6.65. The molecule has 0 heterocycles. The van der Waals surface area contributed by atoms with E-state index in [0.717, 1.165) is 16.3 Å². The molecule has 3 heteroatoms. The number of carboxylic acids is 1. The maximum absolute atomic E-state index is 11.3. The van der Waals surface area contributed by atoms with Crippen LogP contribution in [0.1, 0.15) is 15.9 Å². The topological polar surface area (TPSA) is 46.5 Å². The number of rotatable bonds is 3. The van der Waals surface area contributed by atoms with Crippen LogP contribution in [0.5, 0.6) is 11.5 Å². The number of carboxylic acid groups (broad SMARTS) is 1. The summed E-state index contributed by atoms with van der Waals surface area (Å²) in [5.74, 6) is 0.0557. The van der Waals surface area contributed by atoms with Gasteiger partial charge in [0, 0.05) is 5.39 Å². The quantitative estimate of drug-likeness (QED) is 0.759. The molecule has 3 rings (SSSR count). The first-order chi connectivity index (χ1) is 10.2. The number of fused-ring (bicyclic) bond motifs is 1. The minimum atomic E-state index is -0.992. The van der Waals surface area contributed by atoms with Gasteiger partial charge in [0.15, 0.2) is 0 Å². The number of para-hydroxylation sites is 1. The molecule has 21 heavy (non-hydrogen) atoms. The summed E-state index contributed by atoms with van der Waals surface area (Å²) in [6.07, 6.45) is 0. The fourth-order valence-electron chi connectivity index (χ4n) is 2.35. The van der Waals surface area contributed by atoms with Crippen molar-refractivity contribution in [2.45, 2.75) is 6.92 Å². The van der Waals surface area contributed by atoms with Crippen molar-refractivity contribution in [3.8, 4) is 11.5 Å². The lowest BCUT2D eigenvalue weighted by Gasteiger charge is -2.13. The molecule has 0 saturated heterocycles. The number of carbonyl (C=O) groups is 1. The molecule has 0 amide bonds. The number of aryl methyl sites for hydroxylation is 1. The first-order valence-corrected chi connectivity index (χ1v) is 6.65. The zero-order valence-corrected chi connectivity index (χ0v) is 11.5. The van der Waals surface area contributed by atoms with Crippen molar-refractivity contribution in [2.75, 3.05) is 0 Å². The lowest BCUT2D eigenvalue weighted by atomic mass is 10.1. The average molecular weight is 278 g/mol. The van der Waals surface area contributed by atoms with Crippen LogP contribution in [0.2, 0.25) is 0 Å². The van der Waals surface area contributed by atoms with Crippen LogP contribution in [0.15, 0.2) is 60.7 Å². The van der Waals surface area contributed by atoms with Crippen molar-refractivity contribution in [1.29, 1.82) is 0 Å². The maximum Gasteiger partial charge on any atom is 0.339 e. The molecule has 0 atom stereocenters. The van der Waals surface area contributed by atoms with Crippen LogP contribution in [0, 0.1) is 6.92 Å². The van der Waals surface area contributed by atoms with Crippen molar-refractivity contribution in [2.24, 2.45) is 0 Å². The summed E-state index contributed by atoms with van der Waals surface area (Å²) in [7, 11) is 0. The van der Waals surface area contributed by atoms with Crippen LogP contribution >= 0.6 is 0 Å². The molecular formula is C18H14O3. The highest BCUT2D eigenvalue weighted by atomic mass is 16.5. The highest BCUT2D eigenvalue weighted by Gasteiger charge is 2.15. The smallest absolute Gasteiger partial charge is 0.339 e. The molecule has 104 valence electrons. The Morgan fingerprint density at radius 1 is 0.952 bits per heavy atom. The van der Waals surface area contributed by atoms with E-state index in [-0.39, 0.29) is 5.56 Å². The number of ether oxygens (including phenoxy) is 1.